The SMILES string of the molecule is COC(CN)C(=O)Nc1cc2c(cc1[N+](=O)[O-])OCCO2. The lowest BCUT2D eigenvalue weighted by Crippen LogP contribution is -2.36. The summed E-state index contributed by atoms with van der Waals surface area (Å²) in [5.41, 5.74) is 5.09. The Balaban J connectivity index is 2.33. The maximum Gasteiger partial charge on any atom is 0.296 e. The van der Waals surface area contributed by atoms with Crippen LogP contribution < -0.4 is 20.5 Å². The normalized spacial score (nSPS) is 14.4. The van der Waals surface area contributed by atoms with Gasteiger partial charge < -0.3 is 25.3 Å². The second-order valence-corrected chi connectivity index (χ2v) is 4.22. The first kappa shape index (κ1) is 15.0. The number of nitrogens with two attached hydrogens (primary N) is 1. The van der Waals surface area contributed by atoms with Crippen LogP contribution in [0.25, 0.3) is 0 Å². The largest absolute Gasteiger partial charge is 0.486 e. The molecule has 1 aromatic carbocycles. The summed E-state index contributed by atoms with van der Waals surface area (Å²) in [5, 5.41) is 13.5. The number of benzene rings is 1. The van der Waals surface area contributed by atoms with E-state index < -0.39 is 16.9 Å². The second-order valence-electron chi connectivity index (χ2n) is 4.22. The van der Waals surface area contributed by atoms with Crippen molar-refractivity contribution in [1.29, 1.82) is 0 Å². The molecule has 21 heavy (non-hydrogen) atoms. The van der Waals surface area contributed by atoms with Crippen molar-refractivity contribution in [3.63, 3.8) is 0 Å². The predicted octanol–water partition coefficient (Wildman–Crippen LogP) is 0.278. The molecule has 1 amide bonds. The Bertz CT molecular complexity index is 558. The molecular formula is C12H15N3O6. The number of amides is 1. The fourth-order valence-corrected chi connectivity index (χ4v) is 1.85. The minimum absolute atomic E-state index is 0.00440. The lowest BCUT2D eigenvalue weighted by atomic mass is 10.2. The third-order valence-electron chi connectivity index (χ3n) is 2.91. The number of nitrogens with one attached hydrogen (secondary N) is 1. The van der Waals surface area contributed by atoms with Gasteiger partial charge in [-0.05, 0) is 0 Å². The molecule has 1 aliphatic rings. The molecule has 0 saturated carbocycles. The minimum atomic E-state index is -0.891. The smallest absolute Gasteiger partial charge is 0.296 e. The van der Waals surface area contributed by atoms with Gasteiger partial charge in [0.1, 0.15) is 25.0 Å². The van der Waals surface area contributed by atoms with Crippen LogP contribution in [0.3, 0.4) is 0 Å². The Labute approximate surface area is 120 Å². The van der Waals surface area contributed by atoms with Crippen molar-refractivity contribution in [1.82, 2.24) is 0 Å². The van der Waals surface area contributed by atoms with Crippen molar-refractivity contribution in [2.24, 2.45) is 5.73 Å². The minimum Gasteiger partial charge on any atom is -0.486 e. The number of nitro benzene ring substituents is 1. The zero-order valence-electron chi connectivity index (χ0n) is 11.3. The number of carbonyl (C=O) groups is 1. The molecule has 0 radical (unpaired) electrons. The van der Waals surface area contributed by atoms with Crippen LogP contribution in [0.2, 0.25) is 0 Å². The standard InChI is InChI=1S/C12H15N3O6/c1-19-11(6-13)12(16)14-7-4-9-10(21-3-2-20-9)5-8(7)15(17)18/h4-5,11H,2-3,6,13H2,1H3,(H,14,16). The summed E-state index contributed by atoms with van der Waals surface area (Å²) >= 11 is 0. The van der Waals surface area contributed by atoms with E-state index in [1.165, 1.54) is 19.2 Å². The van der Waals surface area contributed by atoms with Gasteiger partial charge in [-0.25, -0.2) is 0 Å². The highest BCUT2D eigenvalue weighted by molar-refractivity contribution is 5.96. The number of fused-ring (bicyclic) bond motifs is 1. The number of nitrogens with zero attached hydrogens (tertiary/aromatic N) is 1. The van der Waals surface area contributed by atoms with Crippen molar-refractivity contribution in [2.75, 3.05) is 32.2 Å². The summed E-state index contributed by atoms with van der Waals surface area (Å²) in [6, 6.07) is 2.57. The van der Waals surface area contributed by atoms with Crippen LogP contribution >= 0.6 is 0 Å². The predicted molar refractivity (Wildman–Crippen MR) is 72.6 cm³/mol. The van der Waals surface area contributed by atoms with Gasteiger partial charge in [0.05, 0.1) is 11.0 Å². The average molecular weight is 297 g/mol. The first-order chi connectivity index (χ1) is 10.1. The monoisotopic (exact) mass is 297 g/mol. The van der Waals surface area contributed by atoms with Gasteiger partial charge in [0, 0.05) is 19.7 Å². The molecule has 0 aliphatic carbocycles. The lowest BCUT2D eigenvalue weighted by Gasteiger charge is -2.19. The van der Waals surface area contributed by atoms with E-state index in [0.717, 1.165) is 0 Å². The van der Waals surface area contributed by atoms with Crippen molar-refractivity contribution in [2.45, 2.75) is 6.10 Å². The maximum absolute atomic E-state index is 11.9. The lowest BCUT2D eigenvalue weighted by molar-refractivity contribution is -0.384. The first-order valence-electron chi connectivity index (χ1n) is 6.18. The van der Waals surface area contributed by atoms with Crippen LogP contribution in [-0.2, 0) is 9.53 Å². The zero-order chi connectivity index (χ0) is 15.4. The molecule has 0 spiro atoms. The summed E-state index contributed by atoms with van der Waals surface area (Å²) in [6.45, 7) is 0.608. The van der Waals surface area contributed by atoms with Gasteiger partial charge in [-0.3, -0.25) is 14.9 Å². The number of methoxy groups -OCH3 is 1. The third-order valence-corrected chi connectivity index (χ3v) is 2.91. The van der Waals surface area contributed by atoms with Gasteiger partial charge in [-0.2, -0.15) is 0 Å². The van der Waals surface area contributed by atoms with E-state index in [4.69, 9.17) is 19.9 Å². The van der Waals surface area contributed by atoms with E-state index in [2.05, 4.69) is 5.32 Å². The Kier molecular flexibility index (Phi) is 4.55. The molecule has 0 fully saturated rings. The van der Waals surface area contributed by atoms with Crippen molar-refractivity contribution in [3.05, 3.63) is 22.2 Å². The molecule has 1 unspecified atom stereocenters. The summed E-state index contributed by atoms with van der Waals surface area (Å²) in [6.07, 6.45) is -0.891. The molecule has 9 heteroatoms. The number of hydrogen-bond donors (Lipinski definition) is 2. The van der Waals surface area contributed by atoms with Crippen molar-refractivity contribution >= 4 is 17.3 Å². The molecule has 1 heterocycles. The van der Waals surface area contributed by atoms with E-state index in [-0.39, 0.29) is 23.7 Å². The maximum atomic E-state index is 11.9. The molecule has 1 aromatic rings. The number of carbonyl (C=O) groups excluding carboxylic acids is 1. The fraction of sp³-hybridized carbons (Fsp3) is 0.417. The topological polar surface area (TPSA) is 126 Å². The Morgan fingerprint density at radius 1 is 1.48 bits per heavy atom. The molecule has 1 aliphatic heterocycles. The van der Waals surface area contributed by atoms with E-state index in [0.29, 0.717) is 19.0 Å². The van der Waals surface area contributed by atoms with Crippen LogP contribution in [0.1, 0.15) is 0 Å². The quantitative estimate of drug-likeness (QED) is 0.590. The van der Waals surface area contributed by atoms with Crippen LogP contribution in [0.4, 0.5) is 11.4 Å². The van der Waals surface area contributed by atoms with Crippen LogP contribution in [0.5, 0.6) is 11.5 Å². The summed E-state index contributed by atoms with van der Waals surface area (Å²) in [7, 11) is 1.33. The number of rotatable bonds is 5. The molecule has 114 valence electrons. The molecule has 0 aromatic heterocycles. The molecular weight excluding hydrogens is 282 g/mol. The number of hydrogen-bond acceptors (Lipinski definition) is 7. The molecule has 9 nitrogen and oxygen atoms in total. The van der Waals surface area contributed by atoms with Crippen LogP contribution in [-0.4, -0.2) is 43.8 Å². The van der Waals surface area contributed by atoms with E-state index in [1.807, 2.05) is 0 Å². The van der Waals surface area contributed by atoms with Gasteiger partial charge >= 0.3 is 0 Å². The van der Waals surface area contributed by atoms with Gasteiger partial charge in [0.25, 0.3) is 11.6 Å². The van der Waals surface area contributed by atoms with E-state index in [1.54, 1.807) is 0 Å². The first-order valence-corrected chi connectivity index (χ1v) is 6.18. The highest BCUT2D eigenvalue weighted by Crippen LogP contribution is 2.39. The Hall–Kier alpha value is -2.39. The zero-order valence-corrected chi connectivity index (χ0v) is 11.3. The second kappa shape index (κ2) is 6.37. The number of nitro groups is 1. The molecule has 2 rings (SSSR count). The number of ether oxygens (including phenoxy) is 3. The van der Waals surface area contributed by atoms with E-state index >= 15 is 0 Å². The van der Waals surface area contributed by atoms with Gasteiger partial charge in [-0.1, -0.05) is 0 Å². The van der Waals surface area contributed by atoms with Crippen molar-refractivity contribution < 1.29 is 23.9 Å². The number of anilines is 1. The highest BCUT2D eigenvalue weighted by Gasteiger charge is 2.25. The molecule has 0 saturated heterocycles. The fourth-order valence-electron chi connectivity index (χ4n) is 1.85. The molecule has 0 bridgehead atoms. The van der Waals surface area contributed by atoms with Crippen LogP contribution in [0, 0.1) is 10.1 Å². The Morgan fingerprint density at radius 2 is 2.10 bits per heavy atom. The van der Waals surface area contributed by atoms with Gasteiger partial charge in [0.15, 0.2) is 11.5 Å². The average Bonchev–Trinajstić information content (AvgIpc) is 2.47. The summed E-state index contributed by atoms with van der Waals surface area (Å²) < 4.78 is 15.5. The third kappa shape index (κ3) is 3.20. The highest BCUT2D eigenvalue weighted by atomic mass is 16.6. The van der Waals surface area contributed by atoms with Crippen molar-refractivity contribution in [3.8, 4) is 11.5 Å². The summed E-state index contributed by atoms with van der Waals surface area (Å²) in [5.74, 6) is 0.0386. The Morgan fingerprint density at radius 3 is 2.62 bits per heavy atom. The van der Waals surface area contributed by atoms with Crippen LogP contribution in [0.15, 0.2) is 12.1 Å². The van der Waals surface area contributed by atoms with E-state index in [9.17, 15) is 14.9 Å². The molecule has 3 N–H and O–H groups in total. The summed E-state index contributed by atoms with van der Waals surface area (Å²) in [4.78, 5) is 22.4. The van der Waals surface area contributed by atoms with Gasteiger partial charge in [0.2, 0.25) is 0 Å². The molecule has 1 atom stereocenters. The van der Waals surface area contributed by atoms with Gasteiger partial charge in [-0.15, -0.1) is 0 Å².